The van der Waals surface area contributed by atoms with Crippen molar-refractivity contribution in [3.05, 3.63) is 11.6 Å². The van der Waals surface area contributed by atoms with E-state index in [-0.39, 0.29) is 12.1 Å². The van der Waals surface area contributed by atoms with Crippen LogP contribution in [-0.4, -0.2) is 12.1 Å². The number of hydrogen-bond acceptors (Lipinski definition) is 2. The van der Waals surface area contributed by atoms with E-state index in [0.29, 0.717) is 10.8 Å². The number of fused-ring (bicyclic) bond motifs is 5. The number of ether oxygens (including phenoxy) is 1. The van der Waals surface area contributed by atoms with Crippen molar-refractivity contribution in [1.29, 1.82) is 0 Å². The third kappa shape index (κ3) is 2.39. The first-order chi connectivity index (χ1) is 10.9. The van der Waals surface area contributed by atoms with E-state index in [9.17, 15) is 4.79 Å². The normalized spacial score (nSPS) is 48.7. The lowest BCUT2D eigenvalue weighted by atomic mass is 9.47. The fourth-order valence-corrected chi connectivity index (χ4v) is 7.00. The highest BCUT2D eigenvalue weighted by Crippen LogP contribution is 2.65. The summed E-state index contributed by atoms with van der Waals surface area (Å²) in [4.78, 5) is 11.3. The van der Waals surface area contributed by atoms with Gasteiger partial charge in [0.1, 0.15) is 6.10 Å². The lowest BCUT2D eigenvalue weighted by Gasteiger charge is -2.57. The van der Waals surface area contributed by atoms with Gasteiger partial charge in [-0.15, -0.1) is 0 Å². The summed E-state index contributed by atoms with van der Waals surface area (Å²) < 4.78 is 5.49. The summed E-state index contributed by atoms with van der Waals surface area (Å²) in [7, 11) is 0. The predicted molar refractivity (Wildman–Crippen MR) is 91.9 cm³/mol. The zero-order valence-corrected chi connectivity index (χ0v) is 15.1. The molecule has 0 aromatic rings. The van der Waals surface area contributed by atoms with Crippen molar-refractivity contribution >= 4 is 5.97 Å². The largest absolute Gasteiger partial charge is 0.458 e. The zero-order valence-electron chi connectivity index (χ0n) is 15.1. The number of hydrogen-bond donors (Lipinski definition) is 0. The van der Waals surface area contributed by atoms with Gasteiger partial charge in [-0.1, -0.05) is 25.8 Å². The number of esters is 1. The van der Waals surface area contributed by atoms with Gasteiger partial charge in [-0.2, -0.15) is 0 Å². The summed E-state index contributed by atoms with van der Waals surface area (Å²) in [6.07, 6.45) is 14.5. The molecule has 0 amide bonds. The van der Waals surface area contributed by atoms with E-state index in [1.165, 1.54) is 58.3 Å². The molecule has 4 aliphatic rings. The minimum absolute atomic E-state index is 0.0347. The Morgan fingerprint density at radius 1 is 1.09 bits per heavy atom. The molecule has 0 saturated heterocycles. The highest BCUT2D eigenvalue weighted by atomic mass is 16.5. The molecule has 0 radical (unpaired) electrons. The molecule has 2 nitrogen and oxygen atoms in total. The highest BCUT2D eigenvalue weighted by Gasteiger charge is 2.56. The van der Waals surface area contributed by atoms with Gasteiger partial charge in [-0.05, 0) is 86.0 Å². The lowest BCUT2D eigenvalue weighted by Crippen LogP contribution is -2.49. The molecular formula is C21H32O2. The van der Waals surface area contributed by atoms with Crippen LogP contribution in [0.2, 0.25) is 0 Å². The monoisotopic (exact) mass is 316 g/mol. The third-order valence-corrected chi connectivity index (χ3v) is 8.17. The Morgan fingerprint density at radius 3 is 2.70 bits per heavy atom. The van der Waals surface area contributed by atoms with Crippen molar-refractivity contribution in [2.75, 3.05) is 0 Å². The molecule has 2 heteroatoms. The molecule has 0 aliphatic heterocycles. The molecular weight excluding hydrogens is 284 g/mol. The fourth-order valence-electron chi connectivity index (χ4n) is 7.00. The minimum atomic E-state index is -0.136. The Bertz CT molecular complexity index is 536. The number of carbonyl (C=O) groups excluding carboxylic acids is 1. The van der Waals surface area contributed by atoms with Gasteiger partial charge in [0.05, 0.1) is 0 Å². The van der Waals surface area contributed by atoms with Crippen molar-refractivity contribution in [1.82, 2.24) is 0 Å². The molecule has 0 heterocycles. The van der Waals surface area contributed by atoms with E-state index in [2.05, 4.69) is 19.9 Å². The van der Waals surface area contributed by atoms with E-state index in [1.54, 1.807) is 5.57 Å². The molecule has 0 aromatic heterocycles. The van der Waals surface area contributed by atoms with Gasteiger partial charge >= 0.3 is 5.97 Å². The number of carbonyl (C=O) groups is 1. The van der Waals surface area contributed by atoms with Crippen LogP contribution in [0.25, 0.3) is 0 Å². The Morgan fingerprint density at radius 2 is 1.91 bits per heavy atom. The maximum atomic E-state index is 11.3. The van der Waals surface area contributed by atoms with Crippen LogP contribution in [0.15, 0.2) is 11.6 Å². The van der Waals surface area contributed by atoms with E-state index >= 15 is 0 Å². The first-order valence-electron chi connectivity index (χ1n) is 9.81. The van der Waals surface area contributed by atoms with Crippen molar-refractivity contribution < 1.29 is 9.53 Å². The van der Waals surface area contributed by atoms with Crippen LogP contribution in [-0.2, 0) is 9.53 Å². The summed E-state index contributed by atoms with van der Waals surface area (Å²) in [5.74, 6) is 2.66. The zero-order chi connectivity index (χ0) is 16.2. The summed E-state index contributed by atoms with van der Waals surface area (Å²) >= 11 is 0. The standard InChI is InChI=1S/C21H32O2/c1-14(22)23-16-8-12-21(3)15(13-16)6-7-17-18-5-4-10-20(18,2)11-9-19(17)21/h13,16-19H,4-12H2,1-3H3/t16?,17-,18-,19-,20-,21-/m0/s1. The Kier molecular flexibility index (Phi) is 3.66. The molecule has 4 rings (SSSR count). The SMILES string of the molecule is CC(=O)OC1C=C2CC[C@H]3[C@@H]4CCC[C@@]4(C)CC[C@@H]3[C@@]2(C)CC1. The van der Waals surface area contributed by atoms with Gasteiger partial charge in [0.2, 0.25) is 0 Å². The fraction of sp³-hybridized carbons (Fsp3) is 0.857. The average molecular weight is 316 g/mol. The molecule has 128 valence electrons. The lowest BCUT2D eigenvalue weighted by molar-refractivity contribution is -0.145. The molecule has 6 atom stereocenters. The van der Waals surface area contributed by atoms with Crippen LogP contribution in [0.3, 0.4) is 0 Å². The average Bonchev–Trinajstić information content (AvgIpc) is 2.89. The van der Waals surface area contributed by atoms with Crippen LogP contribution in [0, 0.1) is 28.6 Å². The highest BCUT2D eigenvalue weighted by molar-refractivity contribution is 5.66. The van der Waals surface area contributed by atoms with Gasteiger partial charge < -0.3 is 4.74 Å². The molecule has 3 saturated carbocycles. The second-order valence-corrected chi connectivity index (χ2v) is 9.30. The summed E-state index contributed by atoms with van der Waals surface area (Å²) in [5.41, 5.74) is 2.63. The summed E-state index contributed by atoms with van der Waals surface area (Å²) in [5, 5.41) is 0. The predicted octanol–water partition coefficient (Wildman–Crippen LogP) is 5.27. The summed E-state index contributed by atoms with van der Waals surface area (Å²) in [6.45, 7) is 6.63. The number of allylic oxidation sites excluding steroid dienone is 1. The van der Waals surface area contributed by atoms with Gasteiger partial charge in [0.15, 0.2) is 0 Å². The second-order valence-electron chi connectivity index (χ2n) is 9.30. The van der Waals surface area contributed by atoms with E-state index < -0.39 is 0 Å². The molecule has 23 heavy (non-hydrogen) atoms. The Balaban J connectivity index is 1.60. The smallest absolute Gasteiger partial charge is 0.303 e. The molecule has 3 fully saturated rings. The van der Waals surface area contributed by atoms with Crippen LogP contribution < -0.4 is 0 Å². The first kappa shape index (κ1) is 15.7. The van der Waals surface area contributed by atoms with Crippen molar-refractivity contribution in [3.63, 3.8) is 0 Å². The first-order valence-corrected chi connectivity index (χ1v) is 9.81. The van der Waals surface area contributed by atoms with Gasteiger partial charge in [-0.25, -0.2) is 0 Å². The minimum Gasteiger partial charge on any atom is -0.458 e. The quantitative estimate of drug-likeness (QED) is 0.486. The van der Waals surface area contributed by atoms with Crippen LogP contribution >= 0.6 is 0 Å². The third-order valence-electron chi connectivity index (χ3n) is 8.17. The Labute approximate surface area is 141 Å². The molecule has 4 aliphatic carbocycles. The van der Waals surface area contributed by atoms with Crippen LogP contribution in [0.1, 0.15) is 78.6 Å². The van der Waals surface area contributed by atoms with Gasteiger partial charge in [0.25, 0.3) is 0 Å². The number of rotatable bonds is 1. The Hall–Kier alpha value is -0.790. The second kappa shape index (κ2) is 5.36. The van der Waals surface area contributed by atoms with Crippen molar-refractivity contribution in [2.45, 2.75) is 84.7 Å². The maximum Gasteiger partial charge on any atom is 0.303 e. The van der Waals surface area contributed by atoms with Gasteiger partial charge in [-0.3, -0.25) is 4.79 Å². The maximum absolute atomic E-state index is 11.3. The van der Waals surface area contributed by atoms with Crippen LogP contribution in [0.5, 0.6) is 0 Å². The summed E-state index contributed by atoms with van der Waals surface area (Å²) in [6, 6.07) is 0. The molecule has 0 N–H and O–H groups in total. The van der Waals surface area contributed by atoms with Gasteiger partial charge in [0, 0.05) is 6.92 Å². The van der Waals surface area contributed by atoms with Crippen molar-refractivity contribution in [3.8, 4) is 0 Å². The van der Waals surface area contributed by atoms with Crippen molar-refractivity contribution in [2.24, 2.45) is 28.6 Å². The van der Waals surface area contributed by atoms with E-state index in [4.69, 9.17) is 4.74 Å². The van der Waals surface area contributed by atoms with E-state index in [0.717, 1.165) is 24.2 Å². The van der Waals surface area contributed by atoms with E-state index in [1.807, 2.05) is 0 Å². The molecule has 1 unspecified atom stereocenters. The molecule has 0 aromatic carbocycles. The molecule has 0 spiro atoms. The van der Waals surface area contributed by atoms with Crippen LogP contribution in [0.4, 0.5) is 0 Å². The topological polar surface area (TPSA) is 26.3 Å². The molecule has 0 bridgehead atoms.